The maximum absolute atomic E-state index is 8.93. The summed E-state index contributed by atoms with van der Waals surface area (Å²) in [6.45, 7) is 0.620. The van der Waals surface area contributed by atoms with Gasteiger partial charge in [-0.25, -0.2) is 9.97 Å². The third-order valence-corrected chi connectivity index (χ3v) is 3.60. The summed E-state index contributed by atoms with van der Waals surface area (Å²) in [7, 11) is 0. The standard InChI is InChI=1S/C16H14N2O4/c19-6-8-21-16-11-5-7-20-14-10-3-1-2-4-12(10)22-15(14)13(11)17-9-18-16/h1-4,9,19H,5-8H2. The second-order valence-corrected chi connectivity index (χ2v) is 4.93. The molecule has 6 nitrogen and oxygen atoms in total. The maximum atomic E-state index is 8.93. The third-order valence-electron chi connectivity index (χ3n) is 3.60. The van der Waals surface area contributed by atoms with Gasteiger partial charge in [0.15, 0.2) is 11.5 Å². The maximum Gasteiger partial charge on any atom is 0.220 e. The molecule has 1 aliphatic rings. The van der Waals surface area contributed by atoms with Gasteiger partial charge in [-0.15, -0.1) is 0 Å². The van der Waals surface area contributed by atoms with Crippen molar-refractivity contribution in [3.63, 3.8) is 0 Å². The molecule has 4 rings (SSSR count). The molecule has 22 heavy (non-hydrogen) atoms. The average Bonchev–Trinajstić information content (AvgIpc) is 2.82. The van der Waals surface area contributed by atoms with Gasteiger partial charge in [-0.3, -0.25) is 0 Å². The molecule has 1 aliphatic heterocycles. The predicted octanol–water partition coefficient (Wildman–Crippen LogP) is 2.20. The molecular formula is C16H14N2O4. The molecule has 0 atom stereocenters. The van der Waals surface area contributed by atoms with Crippen molar-refractivity contribution in [1.29, 1.82) is 0 Å². The zero-order valence-corrected chi connectivity index (χ0v) is 11.8. The Labute approximate surface area is 126 Å². The molecule has 3 heterocycles. The van der Waals surface area contributed by atoms with Crippen LogP contribution in [0.3, 0.4) is 0 Å². The van der Waals surface area contributed by atoms with Crippen LogP contribution in [-0.4, -0.2) is 34.9 Å². The van der Waals surface area contributed by atoms with Gasteiger partial charge in [0.2, 0.25) is 5.88 Å². The Morgan fingerprint density at radius 2 is 2.14 bits per heavy atom. The van der Waals surface area contributed by atoms with Crippen LogP contribution in [0.15, 0.2) is 35.0 Å². The number of para-hydroxylation sites is 1. The van der Waals surface area contributed by atoms with Gasteiger partial charge >= 0.3 is 0 Å². The fourth-order valence-corrected chi connectivity index (χ4v) is 2.66. The molecule has 112 valence electrons. The molecule has 0 saturated heterocycles. The second-order valence-electron chi connectivity index (χ2n) is 4.93. The van der Waals surface area contributed by atoms with Gasteiger partial charge in [0.25, 0.3) is 0 Å². The van der Waals surface area contributed by atoms with E-state index in [4.69, 9.17) is 19.0 Å². The molecule has 0 spiro atoms. The van der Waals surface area contributed by atoms with Crippen molar-refractivity contribution in [1.82, 2.24) is 9.97 Å². The molecule has 0 bridgehead atoms. The Morgan fingerprint density at radius 3 is 3.05 bits per heavy atom. The van der Waals surface area contributed by atoms with Crippen LogP contribution >= 0.6 is 0 Å². The van der Waals surface area contributed by atoms with Gasteiger partial charge < -0.3 is 19.0 Å². The number of benzene rings is 1. The molecular weight excluding hydrogens is 284 g/mol. The summed E-state index contributed by atoms with van der Waals surface area (Å²) in [5.41, 5.74) is 2.29. The topological polar surface area (TPSA) is 77.6 Å². The Morgan fingerprint density at radius 1 is 1.23 bits per heavy atom. The van der Waals surface area contributed by atoms with Crippen molar-refractivity contribution in [3.8, 4) is 23.1 Å². The number of aliphatic hydroxyl groups excluding tert-OH is 1. The quantitative estimate of drug-likeness (QED) is 0.798. The van der Waals surface area contributed by atoms with Crippen molar-refractivity contribution in [3.05, 3.63) is 36.2 Å². The predicted molar refractivity (Wildman–Crippen MR) is 79.0 cm³/mol. The minimum Gasteiger partial charge on any atom is -0.488 e. The van der Waals surface area contributed by atoms with Crippen LogP contribution in [0.25, 0.3) is 22.4 Å². The molecule has 1 aromatic carbocycles. The Kier molecular flexibility index (Phi) is 3.16. The number of ether oxygens (including phenoxy) is 2. The Bertz CT molecular complexity index is 828. The van der Waals surface area contributed by atoms with E-state index in [0.29, 0.717) is 36.1 Å². The minimum absolute atomic E-state index is 0.0643. The lowest BCUT2D eigenvalue weighted by atomic mass is 10.1. The molecule has 0 fully saturated rings. The summed E-state index contributed by atoms with van der Waals surface area (Å²) in [6, 6.07) is 7.73. The van der Waals surface area contributed by atoms with E-state index in [0.717, 1.165) is 16.5 Å². The number of aromatic nitrogens is 2. The summed E-state index contributed by atoms with van der Waals surface area (Å²) in [4.78, 5) is 8.51. The Balaban J connectivity index is 1.91. The summed E-state index contributed by atoms with van der Waals surface area (Å²) in [6.07, 6.45) is 2.06. The third kappa shape index (κ3) is 2.00. The van der Waals surface area contributed by atoms with E-state index >= 15 is 0 Å². The van der Waals surface area contributed by atoms with Crippen LogP contribution in [0.2, 0.25) is 0 Å². The molecule has 0 aliphatic carbocycles. The Hall–Kier alpha value is -2.60. The zero-order valence-electron chi connectivity index (χ0n) is 11.8. The van der Waals surface area contributed by atoms with E-state index < -0.39 is 0 Å². The van der Waals surface area contributed by atoms with E-state index in [1.165, 1.54) is 6.33 Å². The average molecular weight is 298 g/mol. The molecule has 0 radical (unpaired) electrons. The summed E-state index contributed by atoms with van der Waals surface area (Å²) >= 11 is 0. The summed E-state index contributed by atoms with van der Waals surface area (Å²) in [5.74, 6) is 1.78. The number of hydrogen-bond acceptors (Lipinski definition) is 6. The van der Waals surface area contributed by atoms with Crippen LogP contribution < -0.4 is 9.47 Å². The van der Waals surface area contributed by atoms with E-state index in [-0.39, 0.29) is 13.2 Å². The number of nitrogens with zero attached hydrogens (tertiary/aromatic N) is 2. The number of rotatable bonds is 3. The van der Waals surface area contributed by atoms with Crippen LogP contribution in [0, 0.1) is 0 Å². The van der Waals surface area contributed by atoms with E-state index in [1.807, 2.05) is 24.3 Å². The largest absolute Gasteiger partial charge is 0.488 e. The summed E-state index contributed by atoms with van der Waals surface area (Å²) < 4.78 is 17.3. The van der Waals surface area contributed by atoms with Crippen LogP contribution in [-0.2, 0) is 6.42 Å². The van der Waals surface area contributed by atoms with E-state index in [1.54, 1.807) is 0 Å². The van der Waals surface area contributed by atoms with E-state index in [9.17, 15) is 0 Å². The first kappa shape index (κ1) is 13.1. The van der Waals surface area contributed by atoms with Crippen molar-refractivity contribution in [2.75, 3.05) is 19.8 Å². The molecule has 6 heteroatoms. The minimum atomic E-state index is -0.0643. The SMILES string of the molecule is OCCOc1ncnc2c1CCOc1c-2oc2ccccc12. The lowest BCUT2D eigenvalue weighted by Crippen LogP contribution is -2.08. The van der Waals surface area contributed by atoms with Crippen molar-refractivity contribution >= 4 is 11.0 Å². The monoisotopic (exact) mass is 298 g/mol. The normalized spacial score (nSPS) is 13.1. The molecule has 2 aromatic heterocycles. The van der Waals surface area contributed by atoms with Gasteiger partial charge in [-0.05, 0) is 12.1 Å². The number of hydrogen-bond donors (Lipinski definition) is 1. The van der Waals surface area contributed by atoms with Crippen molar-refractivity contribution in [2.24, 2.45) is 0 Å². The molecule has 0 unspecified atom stereocenters. The highest BCUT2D eigenvalue weighted by Gasteiger charge is 2.26. The first-order valence-corrected chi connectivity index (χ1v) is 7.10. The first-order valence-electron chi connectivity index (χ1n) is 7.10. The fraction of sp³-hybridized carbons (Fsp3) is 0.250. The molecule has 0 saturated carbocycles. The first-order chi connectivity index (χ1) is 10.9. The van der Waals surface area contributed by atoms with Crippen molar-refractivity contribution < 1.29 is 19.0 Å². The number of aliphatic hydroxyl groups is 1. The highest BCUT2D eigenvalue weighted by molar-refractivity contribution is 5.91. The second kappa shape index (κ2) is 5.31. The van der Waals surface area contributed by atoms with Crippen LogP contribution in [0.1, 0.15) is 5.56 Å². The van der Waals surface area contributed by atoms with Crippen LogP contribution in [0.4, 0.5) is 0 Å². The lowest BCUT2D eigenvalue weighted by molar-refractivity contribution is 0.195. The number of fused-ring (bicyclic) bond motifs is 5. The van der Waals surface area contributed by atoms with Gasteiger partial charge in [-0.1, -0.05) is 12.1 Å². The molecule has 1 N–H and O–H groups in total. The fourth-order valence-electron chi connectivity index (χ4n) is 2.66. The van der Waals surface area contributed by atoms with Crippen molar-refractivity contribution in [2.45, 2.75) is 6.42 Å². The highest BCUT2D eigenvalue weighted by Crippen LogP contribution is 2.43. The van der Waals surface area contributed by atoms with Gasteiger partial charge in [0.05, 0.1) is 18.6 Å². The smallest absolute Gasteiger partial charge is 0.220 e. The number of furan rings is 1. The van der Waals surface area contributed by atoms with Crippen LogP contribution in [0.5, 0.6) is 11.6 Å². The lowest BCUT2D eigenvalue weighted by Gasteiger charge is -2.09. The molecule has 3 aromatic rings. The highest BCUT2D eigenvalue weighted by atomic mass is 16.5. The van der Waals surface area contributed by atoms with Gasteiger partial charge in [0.1, 0.15) is 24.2 Å². The zero-order chi connectivity index (χ0) is 14.9. The van der Waals surface area contributed by atoms with Gasteiger partial charge in [-0.2, -0.15) is 0 Å². The van der Waals surface area contributed by atoms with E-state index in [2.05, 4.69) is 9.97 Å². The summed E-state index contributed by atoms with van der Waals surface area (Å²) in [5, 5.41) is 9.86. The molecule has 0 amide bonds. The van der Waals surface area contributed by atoms with Gasteiger partial charge in [0, 0.05) is 12.0 Å².